The molecule has 0 spiro atoms. The number of hydrogen-bond donors (Lipinski definition) is 0. The quantitative estimate of drug-likeness (QED) is 0.645. The van der Waals surface area contributed by atoms with Crippen LogP contribution in [0.1, 0.15) is 0 Å². The monoisotopic (exact) mass is 230 g/mol. The van der Waals surface area contributed by atoms with Crippen molar-refractivity contribution in [3.8, 4) is 5.69 Å². The Bertz CT molecular complexity index is 630. The van der Waals surface area contributed by atoms with Gasteiger partial charge in [0.1, 0.15) is 6.33 Å². The minimum atomic E-state index is 0.704. The molecule has 0 radical (unpaired) electrons. The Hall–Kier alpha value is -1.94. The van der Waals surface area contributed by atoms with Crippen LogP contribution in [0.3, 0.4) is 0 Å². The van der Waals surface area contributed by atoms with Crippen molar-refractivity contribution in [2.24, 2.45) is 0 Å². The molecule has 5 heteroatoms. The molecule has 0 aliphatic carbocycles. The van der Waals surface area contributed by atoms with E-state index in [9.17, 15) is 0 Å². The van der Waals surface area contributed by atoms with Crippen LogP contribution in [0.4, 0.5) is 0 Å². The van der Waals surface area contributed by atoms with Crippen molar-refractivity contribution < 1.29 is 0 Å². The van der Waals surface area contributed by atoms with Crippen LogP contribution in [0.25, 0.3) is 16.7 Å². The van der Waals surface area contributed by atoms with Gasteiger partial charge in [-0.3, -0.25) is 0 Å². The number of aromatic nitrogens is 4. The second-order valence-electron chi connectivity index (χ2n) is 3.33. The first kappa shape index (κ1) is 9.30. The van der Waals surface area contributed by atoms with Gasteiger partial charge in [0.05, 0.1) is 17.3 Å². The second kappa shape index (κ2) is 3.57. The number of halogens is 1. The summed E-state index contributed by atoms with van der Waals surface area (Å²) in [6, 6.07) is 7.45. The Morgan fingerprint density at radius 3 is 2.69 bits per heavy atom. The van der Waals surface area contributed by atoms with Crippen LogP contribution in [-0.2, 0) is 0 Å². The molecule has 16 heavy (non-hydrogen) atoms. The van der Waals surface area contributed by atoms with Gasteiger partial charge in [0.25, 0.3) is 0 Å². The Labute approximate surface area is 96.5 Å². The standard InChI is InChI=1S/C11H7ClN4/c12-9-1-3-10(4-2-9)16-11-8(6-15-16)5-13-7-14-11/h1-7H. The summed E-state index contributed by atoms with van der Waals surface area (Å²) in [6.45, 7) is 0. The van der Waals surface area contributed by atoms with E-state index >= 15 is 0 Å². The molecule has 2 aromatic heterocycles. The fourth-order valence-electron chi connectivity index (χ4n) is 1.55. The molecule has 3 rings (SSSR count). The minimum Gasteiger partial charge on any atom is -0.244 e. The van der Waals surface area contributed by atoms with E-state index in [0.717, 1.165) is 16.7 Å². The third-order valence-electron chi connectivity index (χ3n) is 2.30. The van der Waals surface area contributed by atoms with Crippen LogP contribution in [0.15, 0.2) is 43.0 Å². The van der Waals surface area contributed by atoms with Crippen LogP contribution in [0, 0.1) is 0 Å². The van der Waals surface area contributed by atoms with Gasteiger partial charge in [-0.2, -0.15) is 5.10 Å². The van der Waals surface area contributed by atoms with E-state index in [1.165, 1.54) is 6.33 Å². The molecular formula is C11H7ClN4. The second-order valence-corrected chi connectivity index (χ2v) is 3.77. The minimum absolute atomic E-state index is 0.704. The van der Waals surface area contributed by atoms with Gasteiger partial charge >= 0.3 is 0 Å². The van der Waals surface area contributed by atoms with Gasteiger partial charge < -0.3 is 0 Å². The lowest BCUT2D eigenvalue weighted by atomic mass is 10.3. The van der Waals surface area contributed by atoms with Gasteiger partial charge in [0.15, 0.2) is 5.65 Å². The topological polar surface area (TPSA) is 43.6 Å². The normalized spacial score (nSPS) is 10.8. The SMILES string of the molecule is Clc1ccc(-n2ncc3cncnc32)cc1. The van der Waals surface area contributed by atoms with E-state index in [4.69, 9.17) is 11.6 Å². The van der Waals surface area contributed by atoms with Gasteiger partial charge in [-0.15, -0.1) is 0 Å². The summed E-state index contributed by atoms with van der Waals surface area (Å²) in [5.41, 5.74) is 1.72. The van der Waals surface area contributed by atoms with Crippen LogP contribution >= 0.6 is 11.6 Å². The van der Waals surface area contributed by atoms with Gasteiger partial charge in [-0.1, -0.05) is 11.6 Å². The molecule has 0 unspecified atom stereocenters. The van der Waals surface area contributed by atoms with Crippen LogP contribution in [-0.4, -0.2) is 19.7 Å². The molecule has 0 saturated carbocycles. The molecule has 0 bridgehead atoms. The lowest BCUT2D eigenvalue weighted by Crippen LogP contribution is -1.96. The average Bonchev–Trinajstić information content (AvgIpc) is 2.74. The van der Waals surface area contributed by atoms with Crippen molar-refractivity contribution >= 4 is 22.6 Å². The van der Waals surface area contributed by atoms with Gasteiger partial charge in [0, 0.05) is 11.2 Å². The van der Waals surface area contributed by atoms with Gasteiger partial charge in [0.2, 0.25) is 0 Å². The molecular weight excluding hydrogens is 224 g/mol. The third-order valence-corrected chi connectivity index (χ3v) is 2.55. The summed E-state index contributed by atoms with van der Waals surface area (Å²) in [6.07, 6.45) is 4.99. The summed E-state index contributed by atoms with van der Waals surface area (Å²) in [7, 11) is 0. The van der Waals surface area contributed by atoms with Crippen molar-refractivity contribution in [2.45, 2.75) is 0 Å². The summed E-state index contributed by atoms with van der Waals surface area (Å²) < 4.78 is 1.76. The Morgan fingerprint density at radius 1 is 1.06 bits per heavy atom. The number of benzene rings is 1. The van der Waals surface area contributed by atoms with Crippen molar-refractivity contribution in [2.75, 3.05) is 0 Å². The first-order chi connectivity index (χ1) is 7.84. The van der Waals surface area contributed by atoms with E-state index in [1.54, 1.807) is 17.1 Å². The zero-order chi connectivity index (χ0) is 11.0. The molecule has 78 valence electrons. The first-order valence-corrected chi connectivity index (χ1v) is 5.12. The summed E-state index contributed by atoms with van der Waals surface area (Å²) >= 11 is 5.84. The summed E-state index contributed by atoms with van der Waals surface area (Å²) in [5.74, 6) is 0. The van der Waals surface area contributed by atoms with Crippen molar-refractivity contribution in [3.63, 3.8) is 0 Å². The molecule has 0 atom stereocenters. The molecule has 1 aromatic carbocycles. The maximum Gasteiger partial charge on any atom is 0.166 e. The zero-order valence-electron chi connectivity index (χ0n) is 8.21. The third kappa shape index (κ3) is 1.44. The number of hydrogen-bond acceptors (Lipinski definition) is 3. The lowest BCUT2D eigenvalue weighted by Gasteiger charge is -2.01. The van der Waals surface area contributed by atoms with Gasteiger partial charge in [-0.25, -0.2) is 14.6 Å². The number of fused-ring (bicyclic) bond motifs is 1. The molecule has 0 fully saturated rings. The fraction of sp³-hybridized carbons (Fsp3) is 0. The van der Waals surface area contributed by atoms with E-state index < -0.39 is 0 Å². The molecule has 0 amide bonds. The smallest absolute Gasteiger partial charge is 0.166 e. The maximum absolute atomic E-state index is 5.84. The maximum atomic E-state index is 5.84. The molecule has 2 heterocycles. The zero-order valence-corrected chi connectivity index (χ0v) is 8.96. The van der Waals surface area contributed by atoms with Crippen LogP contribution in [0.5, 0.6) is 0 Å². The van der Waals surface area contributed by atoms with E-state index in [2.05, 4.69) is 15.1 Å². The summed E-state index contributed by atoms with van der Waals surface area (Å²) in [4.78, 5) is 8.14. The molecule has 4 nitrogen and oxygen atoms in total. The van der Waals surface area contributed by atoms with E-state index in [-0.39, 0.29) is 0 Å². The predicted octanol–water partition coefficient (Wildman–Crippen LogP) is 2.47. The molecule has 0 aliphatic rings. The highest BCUT2D eigenvalue weighted by molar-refractivity contribution is 6.30. The highest BCUT2D eigenvalue weighted by Crippen LogP contribution is 2.17. The Kier molecular flexibility index (Phi) is 2.08. The molecule has 3 aromatic rings. The number of nitrogens with zero attached hydrogens (tertiary/aromatic N) is 4. The van der Waals surface area contributed by atoms with E-state index in [0.29, 0.717) is 5.02 Å². The van der Waals surface area contributed by atoms with Crippen molar-refractivity contribution in [1.82, 2.24) is 19.7 Å². The Morgan fingerprint density at radius 2 is 1.88 bits per heavy atom. The van der Waals surface area contributed by atoms with Gasteiger partial charge in [-0.05, 0) is 24.3 Å². The number of rotatable bonds is 1. The first-order valence-electron chi connectivity index (χ1n) is 4.74. The molecule has 0 saturated heterocycles. The van der Waals surface area contributed by atoms with Crippen LogP contribution in [0.2, 0.25) is 5.02 Å². The summed E-state index contributed by atoms with van der Waals surface area (Å²) in [5, 5.41) is 5.88. The predicted molar refractivity (Wildman–Crippen MR) is 61.7 cm³/mol. The molecule has 0 N–H and O–H groups in total. The van der Waals surface area contributed by atoms with Crippen molar-refractivity contribution in [1.29, 1.82) is 0 Å². The highest BCUT2D eigenvalue weighted by Gasteiger charge is 2.05. The van der Waals surface area contributed by atoms with Crippen molar-refractivity contribution in [3.05, 3.63) is 48.0 Å². The highest BCUT2D eigenvalue weighted by atomic mass is 35.5. The fourth-order valence-corrected chi connectivity index (χ4v) is 1.67. The average molecular weight is 231 g/mol. The largest absolute Gasteiger partial charge is 0.244 e. The Balaban J connectivity index is 2.22. The lowest BCUT2D eigenvalue weighted by molar-refractivity contribution is 0.895. The van der Waals surface area contributed by atoms with Crippen LogP contribution < -0.4 is 0 Å². The van der Waals surface area contributed by atoms with E-state index in [1.807, 2.05) is 24.3 Å². The molecule has 0 aliphatic heterocycles.